The number of ether oxygens (including phenoxy) is 1. The highest BCUT2D eigenvalue weighted by molar-refractivity contribution is 5.79. The van der Waals surface area contributed by atoms with Crippen LogP contribution in [0.5, 0.6) is 0 Å². The van der Waals surface area contributed by atoms with E-state index in [1.807, 2.05) is 6.92 Å². The Bertz CT molecular complexity index is 502. The highest BCUT2D eigenvalue weighted by atomic mass is 16.5. The van der Waals surface area contributed by atoms with Crippen LogP contribution in [-0.2, 0) is 17.8 Å². The molecule has 2 N–H and O–H groups in total. The molecule has 0 fully saturated rings. The minimum Gasteiger partial charge on any atom is -0.382 e. The fourth-order valence-corrected chi connectivity index (χ4v) is 2.35. The largest absolute Gasteiger partial charge is 0.382 e. The van der Waals surface area contributed by atoms with E-state index in [0.717, 1.165) is 45.2 Å². The van der Waals surface area contributed by atoms with E-state index in [0.29, 0.717) is 12.6 Å². The number of hydrogen-bond donors (Lipinski definition) is 2. The molecular weight excluding hydrogens is 312 g/mol. The normalized spacial score (nSPS) is 12.0. The lowest BCUT2D eigenvalue weighted by Crippen LogP contribution is -2.38. The summed E-state index contributed by atoms with van der Waals surface area (Å²) in [5.41, 5.74) is 2.62. The number of aliphatic imine (C=N–C) groups is 1. The van der Waals surface area contributed by atoms with Crippen LogP contribution < -0.4 is 10.6 Å². The average Bonchev–Trinajstić information content (AvgIpc) is 2.60. The molecule has 1 aromatic carbocycles. The third-order valence-electron chi connectivity index (χ3n) is 4.13. The molecule has 5 heteroatoms. The third-order valence-corrected chi connectivity index (χ3v) is 4.13. The monoisotopic (exact) mass is 348 g/mol. The molecule has 0 radical (unpaired) electrons. The molecule has 1 rings (SSSR count). The summed E-state index contributed by atoms with van der Waals surface area (Å²) in [7, 11) is 2.16. The van der Waals surface area contributed by atoms with Crippen molar-refractivity contribution in [2.45, 2.75) is 53.2 Å². The molecule has 142 valence electrons. The molecule has 5 nitrogen and oxygen atoms in total. The van der Waals surface area contributed by atoms with Crippen molar-refractivity contribution >= 4 is 5.96 Å². The zero-order valence-electron chi connectivity index (χ0n) is 16.6. The highest BCUT2D eigenvalue weighted by Crippen LogP contribution is 2.13. The minimum absolute atomic E-state index is 0.529. The quantitative estimate of drug-likeness (QED) is 0.367. The van der Waals surface area contributed by atoms with E-state index in [1.165, 1.54) is 11.1 Å². The maximum Gasteiger partial charge on any atom is 0.191 e. The fourth-order valence-electron chi connectivity index (χ4n) is 2.35. The first-order valence-corrected chi connectivity index (χ1v) is 9.45. The Kier molecular flexibility index (Phi) is 10.9. The molecule has 0 aliphatic carbocycles. The van der Waals surface area contributed by atoms with Crippen molar-refractivity contribution in [3.05, 3.63) is 35.4 Å². The second-order valence-corrected chi connectivity index (χ2v) is 6.45. The van der Waals surface area contributed by atoms with Crippen molar-refractivity contribution in [2.75, 3.05) is 33.4 Å². The zero-order valence-corrected chi connectivity index (χ0v) is 16.6. The fraction of sp³-hybridized carbons (Fsp3) is 0.650. The Labute approximate surface area is 153 Å². The molecule has 0 aromatic heterocycles. The number of benzene rings is 1. The number of nitrogens with one attached hydrogen (secondary N) is 2. The van der Waals surface area contributed by atoms with Crippen LogP contribution in [0.4, 0.5) is 0 Å². The van der Waals surface area contributed by atoms with E-state index in [9.17, 15) is 0 Å². The summed E-state index contributed by atoms with van der Waals surface area (Å²) in [6, 6.07) is 9.10. The maximum absolute atomic E-state index is 5.37. The van der Waals surface area contributed by atoms with Gasteiger partial charge in [0, 0.05) is 38.9 Å². The van der Waals surface area contributed by atoms with E-state index >= 15 is 0 Å². The van der Waals surface area contributed by atoms with Crippen LogP contribution >= 0.6 is 0 Å². The number of guanidine groups is 1. The molecule has 0 spiro atoms. The summed E-state index contributed by atoms with van der Waals surface area (Å²) in [5, 5.41) is 6.69. The standard InChI is InChI=1S/C20H36N4O/c1-6-21-20(22-13-10-14-25-7-2)23-15-18-11-8-9-12-19(18)16-24(5)17(3)4/h8-9,11-12,17H,6-7,10,13-16H2,1-5H3,(H2,21,22,23). The number of nitrogens with zero attached hydrogens (tertiary/aromatic N) is 2. The summed E-state index contributed by atoms with van der Waals surface area (Å²) >= 11 is 0. The van der Waals surface area contributed by atoms with Gasteiger partial charge in [0.1, 0.15) is 0 Å². The van der Waals surface area contributed by atoms with E-state index in [-0.39, 0.29) is 0 Å². The van der Waals surface area contributed by atoms with E-state index in [4.69, 9.17) is 9.73 Å². The highest BCUT2D eigenvalue weighted by Gasteiger charge is 2.08. The molecule has 0 saturated heterocycles. The maximum atomic E-state index is 5.37. The van der Waals surface area contributed by atoms with Crippen LogP contribution in [0.2, 0.25) is 0 Å². The number of hydrogen-bond acceptors (Lipinski definition) is 3. The van der Waals surface area contributed by atoms with Gasteiger partial charge in [-0.15, -0.1) is 0 Å². The first-order valence-electron chi connectivity index (χ1n) is 9.45. The third kappa shape index (κ3) is 8.89. The summed E-state index contributed by atoms with van der Waals surface area (Å²) in [6.45, 7) is 13.5. The number of rotatable bonds is 11. The van der Waals surface area contributed by atoms with Crippen molar-refractivity contribution in [1.29, 1.82) is 0 Å². The van der Waals surface area contributed by atoms with Crippen molar-refractivity contribution in [1.82, 2.24) is 15.5 Å². The van der Waals surface area contributed by atoms with Crippen LogP contribution in [0.15, 0.2) is 29.3 Å². The van der Waals surface area contributed by atoms with Gasteiger partial charge in [0.15, 0.2) is 5.96 Å². The average molecular weight is 349 g/mol. The second kappa shape index (κ2) is 12.7. The topological polar surface area (TPSA) is 48.9 Å². The Balaban J connectivity index is 2.65. The minimum atomic E-state index is 0.529. The van der Waals surface area contributed by atoms with Gasteiger partial charge in [-0.3, -0.25) is 4.90 Å². The smallest absolute Gasteiger partial charge is 0.191 e. The van der Waals surface area contributed by atoms with Gasteiger partial charge in [0.25, 0.3) is 0 Å². The van der Waals surface area contributed by atoms with Gasteiger partial charge in [-0.1, -0.05) is 24.3 Å². The summed E-state index contributed by atoms with van der Waals surface area (Å²) in [6.07, 6.45) is 0.980. The summed E-state index contributed by atoms with van der Waals surface area (Å²) in [4.78, 5) is 7.10. The first kappa shape index (κ1) is 21.5. The molecular formula is C20H36N4O. The molecule has 0 saturated carbocycles. The zero-order chi connectivity index (χ0) is 18.5. The van der Waals surface area contributed by atoms with Crippen LogP contribution in [0, 0.1) is 0 Å². The lowest BCUT2D eigenvalue weighted by Gasteiger charge is -2.22. The summed E-state index contributed by atoms with van der Waals surface area (Å²) < 4.78 is 5.37. The van der Waals surface area contributed by atoms with E-state index in [1.54, 1.807) is 0 Å². The van der Waals surface area contributed by atoms with Gasteiger partial charge in [-0.25, -0.2) is 4.99 Å². The van der Waals surface area contributed by atoms with Crippen molar-refractivity contribution in [3.8, 4) is 0 Å². The lowest BCUT2D eigenvalue weighted by molar-refractivity contribution is 0.145. The lowest BCUT2D eigenvalue weighted by atomic mass is 10.1. The predicted octanol–water partition coefficient (Wildman–Crippen LogP) is 3.01. The van der Waals surface area contributed by atoms with Gasteiger partial charge in [0.2, 0.25) is 0 Å². The van der Waals surface area contributed by atoms with Crippen LogP contribution in [0.1, 0.15) is 45.2 Å². The van der Waals surface area contributed by atoms with Gasteiger partial charge >= 0.3 is 0 Å². The first-order chi connectivity index (χ1) is 12.1. The van der Waals surface area contributed by atoms with Crippen LogP contribution in [0.25, 0.3) is 0 Å². The SMILES string of the molecule is CCNC(=NCc1ccccc1CN(C)C(C)C)NCCCOCC. The molecule has 0 aliphatic rings. The molecule has 25 heavy (non-hydrogen) atoms. The predicted molar refractivity (Wildman–Crippen MR) is 107 cm³/mol. The van der Waals surface area contributed by atoms with Gasteiger partial charge < -0.3 is 15.4 Å². The van der Waals surface area contributed by atoms with Gasteiger partial charge in [-0.2, -0.15) is 0 Å². The molecule has 0 unspecified atom stereocenters. The Morgan fingerprint density at radius 2 is 1.88 bits per heavy atom. The molecule has 0 aliphatic heterocycles. The molecule has 1 aromatic rings. The molecule has 0 bridgehead atoms. The molecule has 0 atom stereocenters. The van der Waals surface area contributed by atoms with Crippen molar-refractivity contribution in [2.24, 2.45) is 4.99 Å². The van der Waals surface area contributed by atoms with Crippen molar-refractivity contribution in [3.63, 3.8) is 0 Å². The van der Waals surface area contributed by atoms with Crippen LogP contribution in [0.3, 0.4) is 0 Å². The Morgan fingerprint density at radius 3 is 2.52 bits per heavy atom. The second-order valence-electron chi connectivity index (χ2n) is 6.45. The van der Waals surface area contributed by atoms with Gasteiger partial charge in [-0.05, 0) is 52.3 Å². The Morgan fingerprint density at radius 1 is 1.16 bits per heavy atom. The van der Waals surface area contributed by atoms with Crippen molar-refractivity contribution < 1.29 is 4.74 Å². The summed E-state index contributed by atoms with van der Waals surface area (Å²) in [5.74, 6) is 0.867. The van der Waals surface area contributed by atoms with E-state index in [2.05, 4.69) is 67.6 Å². The van der Waals surface area contributed by atoms with E-state index < -0.39 is 0 Å². The Hall–Kier alpha value is -1.59. The van der Waals surface area contributed by atoms with Gasteiger partial charge in [0.05, 0.1) is 6.54 Å². The molecule has 0 amide bonds. The molecule has 0 heterocycles. The van der Waals surface area contributed by atoms with Crippen LogP contribution in [-0.4, -0.2) is 50.3 Å².